The molecule has 2 saturated heterocycles. The fraction of sp³-hybridized carbons (Fsp3) is 0.480. The minimum atomic E-state index is 0.119. The second-order valence-electron chi connectivity index (χ2n) is 8.58. The summed E-state index contributed by atoms with van der Waals surface area (Å²) in [6, 6.07) is 14.4. The van der Waals surface area contributed by atoms with E-state index >= 15 is 0 Å². The van der Waals surface area contributed by atoms with Gasteiger partial charge in [0.2, 0.25) is 5.91 Å². The Kier molecular flexibility index (Phi) is 6.08. The first-order valence-electron chi connectivity index (χ1n) is 11.5. The van der Waals surface area contributed by atoms with Crippen LogP contribution in [0.4, 0.5) is 5.69 Å². The summed E-state index contributed by atoms with van der Waals surface area (Å²) < 4.78 is 16.9. The molecule has 5 rings (SSSR count). The minimum Gasteiger partial charge on any atom is -0.495 e. The first-order chi connectivity index (χ1) is 15.7. The fourth-order valence-electron chi connectivity index (χ4n) is 5.00. The molecule has 170 valence electrons. The second kappa shape index (κ2) is 9.28. The summed E-state index contributed by atoms with van der Waals surface area (Å²) in [5, 5.41) is 0. The highest BCUT2D eigenvalue weighted by Gasteiger charge is 2.32. The van der Waals surface area contributed by atoms with Crippen LogP contribution in [0.5, 0.6) is 17.2 Å². The van der Waals surface area contributed by atoms with E-state index in [-0.39, 0.29) is 11.9 Å². The summed E-state index contributed by atoms with van der Waals surface area (Å²) in [7, 11) is 1.71. The van der Waals surface area contributed by atoms with Crippen molar-refractivity contribution in [2.75, 3.05) is 64.5 Å². The number of amides is 1. The number of anilines is 1. The minimum absolute atomic E-state index is 0.119. The molecule has 0 bridgehead atoms. The van der Waals surface area contributed by atoms with Crippen molar-refractivity contribution < 1.29 is 19.0 Å². The molecule has 0 spiro atoms. The standard InChI is InChI=1S/C25H31N3O4/c1-30-22-7-3-2-5-21(22)27-13-11-26(12-14-27)18-25(29)28-10-4-6-20(28)19-8-9-23-24(17-19)32-16-15-31-23/h2-3,5,7-9,17,20H,4,6,10-16,18H2,1H3. The van der Waals surface area contributed by atoms with Gasteiger partial charge in [-0.3, -0.25) is 9.69 Å². The van der Waals surface area contributed by atoms with E-state index in [0.717, 1.165) is 74.1 Å². The highest BCUT2D eigenvalue weighted by molar-refractivity contribution is 5.79. The molecule has 3 aliphatic heterocycles. The summed E-state index contributed by atoms with van der Waals surface area (Å²) in [5.41, 5.74) is 2.26. The Hall–Kier alpha value is -2.93. The van der Waals surface area contributed by atoms with Gasteiger partial charge in [-0.15, -0.1) is 0 Å². The van der Waals surface area contributed by atoms with Gasteiger partial charge in [-0.25, -0.2) is 0 Å². The van der Waals surface area contributed by atoms with E-state index in [1.54, 1.807) is 7.11 Å². The fourth-order valence-corrected chi connectivity index (χ4v) is 5.00. The van der Waals surface area contributed by atoms with Gasteiger partial charge in [0.15, 0.2) is 11.5 Å². The van der Waals surface area contributed by atoms with Gasteiger partial charge in [0.25, 0.3) is 0 Å². The zero-order valence-corrected chi connectivity index (χ0v) is 18.7. The molecule has 1 atom stereocenters. The average molecular weight is 438 g/mol. The van der Waals surface area contributed by atoms with Gasteiger partial charge in [0, 0.05) is 32.7 Å². The Bertz CT molecular complexity index is 958. The van der Waals surface area contributed by atoms with Crippen LogP contribution in [0.3, 0.4) is 0 Å². The first-order valence-corrected chi connectivity index (χ1v) is 11.5. The molecule has 1 amide bonds. The van der Waals surface area contributed by atoms with Crippen LogP contribution in [-0.2, 0) is 4.79 Å². The van der Waals surface area contributed by atoms with Crippen LogP contribution in [0.1, 0.15) is 24.4 Å². The van der Waals surface area contributed by atoms with Crippen molar-refractivity contribution in [3.8, 4) is 17.2 Å². The van der Waals surface area contributed by atoms with Crippen molar-refractivity contribution in [3.05, 3.63) is 48.0 Å². The Morgan fingerprint density at radius 3 is 2.59 bits per heavy atom. The van der Waals surface area contributed by atoms with Gasteiger partial charge in [-0.2, -0.15) is 0 Å². The third-order valence-corrected chi connectivity index (χ3v) is 6.68. The Balaban J connectivity index is 1.20. The number of nitrogens with zero attached hydrogens (tertiary/aromatic N) is 3. The predicted molar refractivity (Wildman–Crippen MR) is 123 cm³/mol. The zero-order chi connectivity index (χ0) is 21.9. The van der Waals surface area contributed by atoms with Crippen LogP contribution in [0.2, 0.25) is 0 Å². The average Bonchev–Trinajstić information content (AvgIpc) is 3.34. The van der Waals surface area contributed by atoms with Crippen LogP contribution in [0.15, 0.2) is 42.5 Å². The highest BCUT2D eigenvalue weighted by Crippen LogP contribution is 2.38. The summed E-state index contributed by atoms with van der Waals surface area (Å²) in [6.07, 6.45) is 2.03. The van der Waals surface area contributed by atoms with Gasteiger partial charge in [-0.1, -0.05) is 18.2 Å². The summed E-state index contributed by atoms with van der Waals surface area (Å²) in [5.74, 6) is 2.70. The molecule has 7 heteroatoms. The number of hydrogen-bond donors (Lipinski definition) is 0. The van der Waals surface area contributed by atoms with Gasteiger partial charge in [0.05, 0.1) is 25.4 Å². The Morgan fingerprint density at radius 2 is 1.78 bits per heavy atom. The van der Waals surface area contributed by atoms with Gasteiger partial charge in [-0.05, 0) is 42.7 Å². The molecule has 1 unspecified atom stereocenters. The molecule has 7 nitrogen and oxygen atoms in total. The van der Waals surface area contributed by atoms with E-state index in [4.69, 9.17) is 14.2 Å². The maximum absolute atomic E-state index is 13.2. The highest BCUT2D eigenvalue weighted by atomic mass is 16.6. The van der Waals surface area contributed by atoms with E-state index in [9.17, 15) is 4.79 Å². The molecule has 3 heterocycles. The number of benzene rings is 2. The van der Waals surface area contributed by atoms with Crippen molar-refractivity contribution in [3.63, 3.8) is 0 Å². The van der Waals surface area contributed by atoms with E-state index in [1.165, 1.54) is 0 Å². The smallest absolute Gasteiger partial charge is 0.237 e. The molecular weight excluding hydrogens is 406 g/mol. The maximum atomic E-state index is 13.2. The van der Waals surface area contributed by atoms with Gasteiger partial charge >= 0.3 is 0 Å². The van der Waals surface area contributed by atoms with Crippen LogP contribution in [0.25, 0.3) is 0 Å². The number of methoxy groups -OCH3 is 1. The van der Waals surface area contributed by atoms with E-state index in [1.807, 2.05) is 24.3 Å². The van der Waals surface area contributed by atoms with Crippen molar-refractivity contribution in [2.24, 2.45) is 0 Å². The van der Waals surface area contributed by atoms with E-state index in [2.05, 4.69) is 32.9 Å². The summed E-state index contributed by atoms with van der Waals surface area (Å²) >= 11 is 0. The zero-order valence-electron chi connectivity index (χ0n) is 18.7. The number of para-hydroxylation sites is 2. The largest absolute Gasteiger partial charge is 0.495 e. The predicted octanol–water partition coefficient (Wildman–Crippen LogP) is 2.95. The SMILES string of the molecule is COc1ccccc1N1CCN(CC(=O)N2CCCC2c2ccc3c(c2)OCCO3)CC1. The Morgan fingerprint density at radius 1 is 1.00 bits per heavy atom. The monoisotopic (exact) mass is 437 g/mol. The number of ether oxygens (including phenoxy) is 3. The van der Waals surface area contributed by atoms with Crippen LogP contribution in [-0.4, -0.2) is 75.3 Å². The molecule has 0 radical (unpaired) electrons. The van der Waals surface area contributed by atoms with Crippen molar-refractivity contribution in [2.45, 2.75) is 18.9 Å². The summed E-state index contributed by atoms with van der Waals surface area (Å²) in [4.78, 5) is 19.9. The quantitative estimate of drug-likeness (QED) is 0.717. The van der Waals surface area contributed by atoms with Crippen LogP contribution in [0, 0.1) is 0 Å². The molecular formula is C25H31N3O4. The van der Waals surface area contributed by atoms with Gasteiger partial charge in [0.1, 0.15) is 19.0 Å². The number of piperazine rings is 1. The van der Waals surface area contributed by atoms with Gasteiger partial charge < -0.3 is 24.0 Å². The number of rotatable bonds is 5. The van der Waals surface area contributed by atoms with Crippen LogP contribution < -0.4 is 19.1 Å². The lowest BCUT2D eigenvalue weighted by Gasteiger charge is -2.37. The molecule has 2 aromatic carbocycles. The second-order valence-corrected chi connectivity index (χ2v) is 8.58. The molecule has 0 saturated carbocycles. The lowest BCUT2D eigenvalue weighted by molar-refractivity contribution is -0.133. The van der Waals surface area contributed by atoms with Crippen molar-refractivity contribution in [1.29, 1.82) is 0 Å². The molecule has 2 fully saturated rings. The normalized spacial score (nSPS) is 21.0. The maximum Gasteiger partial charge on any atom is 0.237 e. The number of carbonyl (C=O) groups is 1. The third kappa shape index (κ3) is 4.21. The van der Waals surface area contributed by atoms with Crippen molar-refractivity contribution >= 4 is 11.6 Å². The lowest BCUT2D eigenvalue weighted by Crippen LogP contribution is -2.50. The number of carbonyl (C=O) groups excluding carboxylic acids is 1. The van der Waals surface area contributed by atoms with Crippen molar-refractivity contribution in [1.82, 2.24) is 9.80 Å². The number of hydrogen-bond acceptors (Lipinski definition) is 6. The molecule has 0 N–H and O–H groups in total. The van der Waals surface area contributed by atoms with Crippen LogP contribution >= 0.6 is 0 Å². The molecule has 0 aliphatic carbocycles. The number of likely N-dealkylation sites (tertiary alicyclic amines) is 1. The summed E-state index contributed by atoms with van der Waals surface area (Å²) in [6.45, 7) is 5.96. The van der Waals surface area contributed by atoms with E-state index < -0.39 is 0 Å². The molecule has 3 aliphatic rings. The van der Waals surface area contributed by atoms with E-state index in [0.29, 0.717) is 19.8 Å². The lowest BCUT2D eigenvalue weighted by atomic mass is 10.0. The Labute approximate surface area is 189 Å². The first kappa shape index (κ1) is 20.9. The molecule has 32 heavy (non-hydrogen) atoms. The number of fused-ring (bicyclic) bond motifs is 1. The molecule has 0 aromatic heterocycles. The topological polar surface area (TPSA) is 54.5 Å². The molecule has 2 aromatic rings. The third-order valence-electron chi connectivity index (χ3n) is 6.68.